The monoisotopic (exact) mass is 300 g/mol. The average Bonchev–Trinajstić information content (AvgIpc) is 3.20. The topological polar surface area (TPSA) is 110 Å². The predicted molar refractivity (Wildman–Crippen MR) is 71.8 cm³/mol. The number of aliphatic hydroxyl groups is 1. The molecule has 1 aromatic carbocycles. The Morgan fingerprint density at radius 2 is 2.15 bits per heavy atom. The molecule has 1 unspecified atom stereocenters. The number of hydrogen-bond donors (Lipinski definition) is 2. The van der Waals surface area contributed by atoms with Crippen LogP contribution in [0.1, 0.15) is 18.4 Å². The van der Waals surface area contributed by atoms with Crippen LogP contribution in [0.2, 0.25) is 0 Å². The molecule has 0 spiro atoms. The molecule has 1 aliphatic rings. The first-order chi connectivity index (χ1) is 9.33. The van der Waals surface area contributed by atoms with Gasteiger partial charge in [-0.05, 0) is 31.7 Å². The van der Waals surface area contributed by atoms with E-state index in [4.69, 9.17) is 0 Å². The Hall–Kier alpha value is -1.51. The van der Waals surface area contributed by atoms with Crippen molar-refractivity contribution in [3.63, 3.8) is 0 Å². The van der Waals surface area contributed by atoms with Crippen LogP contribution in [0.5, 0.6) is 0 Å². The minimum absolute atomic E-state index is 0.0743. The summed E-state index contributed by atoms with van der Waals surface area (Å²) in [5.74, 6) is 0.156. The number of nitro benzene ring substituents is 1. The van der Waals surface area contributed by atoms with Crippen LogP contribution in [-0.4, -0.2) is 31.1 Å². The third-order valence-corrected chi connectivity index (χ3v) is 4.96. The van der Waals surface area contributed by atoms with Gasteiger partial charge in [-0.2, -0.15) is 0 Å². The number of nitrogens with one attached hydrogen (secondary N) is 1. The van der Waals surface area contributed by atoms with Gasteiger partial charge in [0, 0.05) is 18.2 Å². The highest BCUT2D eigenvalue weighted by molar-refractivity contribution is 7.89. The molecule has 1 aromatic rings. The van der Waals surface area contributed by atoms with Gasteiger partial charge >= 0.3 is 0 Å². The third-order valence-electron chi connectivity index (χ3n) is 3.39. The first kappa shape index (κ1) is 14.9. The first-order valence-corrected chi connectivity index (χ1v) is 7.73. The second kappa shape index (κ2) is 5.47. The fourth-order valence-corrected chi connectivity index (χ4v) is 3.32. The van der Waals surface area contributed by atoms with E-state index in [0.29, 0.717) is 0 Å². The van der Waals surface area contributed by atoms with Gasteiger partial charge in [-0.3, -0.25) is 10.1 Å². The molecule has 2 rings (SSSR count). The summed E-state index contributed by atoms with van der Waals surface area (Å²) in [6, 6.07) is 3.90. The summed E-state index contributed by atoms with van der Waals surface area (Å²) in [6.07, 6.45) is 1.10. The third kappa shape index (κ3) is 3.14. The number of hydrogen-bond acceptors (Lipinski definition) is 5. The number of nitrogens with zero attached hydrogens (tertiary/aromatic N) is 1. The second-order valence-electron chi connectivity index (χ2n) is 4.91. The lowest BCUT2D eigenvalue weighted by atomic mass is 10.2. The minimum Gasteiger partial charge on any atom is -0.391 e. The smallest absolute Gasteiger partial charge is 0.273 e. The van der Waals surface area contributed by atoms with Crippen molar-refractivity contribution in [3.8, 4) is 0 Å². The summed E-state index contributed by atoms with van der Waals surface area (Å²) < 4.78 is 26.6. The molecule has 8 heteroatoms. The van der Waals surface area contributed by atoms with Crippen molar-refractivity contribution >= 4 is 15.7 Å². The van der Waals surface area contributed by atoms with Crippen LogP contribution in [-0.2, 0) is 10.0 Å². The van der Waals surface area contributed by atoms with E-state index in [1.807, 2.05) is 0 Å². The van der Waals surface area contributed by atoms with E-state index in [1.165, 1.54) is 25.1 Å². The van der Waals surface area contributed by atoms with Gasteiger partial charge in [0.25, 0.3) is 5.69 Å². The molecule has 110 valence electrons. The fourth-order valence-electron chi connectivity index (χ4n) is 2.01. The molecule has 0 bridgehead atoms. The Balaban J connectivity index is 2.20. The standard InChI is InChI=1S/C12H16N2O5S/c1-8-10(14(16)17)3-2-4-12(8)20(18,19)13-7-11(15)9-5-6-9/h2-4,9,11,13,15H,5-7H2,1H3. The molecule has 0 saturated heterocycles. The van der Waals surface area contributed by atoms with Crippen molar-refractivity contribution in [2.24, 2.45) is 5.92 Å². The SMILES string of the molecule is Cc1c([N+](=O)[O-])cccc1S(=O)(=O)NCC(O)C1CC1. The summed E-state index contributed by atoms with van der Waals surface area (Å²) >= 11 is 0. The normalized spacial score (nSPS) is 16.9. The van der Waals surface area contributed by atoms with E-state index >= 15 is 0 Å². The lowest BCUT2D eigenvalue weighted by Crippen LogP contribution is -2.33. The average molecular weight is 300 g/mol. The van der Waals surface area contributed by atoms with Crippen LogP contribution in [0, 0.1) is 23.0 Å². The zero-order valence-electron chi connectivity index (χ0n) is 10.9. The maximum Gasteiger partial charge on any atom is 0.273 e. The second-order valence-corrected chi connectivity index (χ2v) is 6.65. The van der Waals surface area contributed by atoms with Gasteiger partial charge < -0.3 is 5.11 Å². The van der Waals surface area contributed by atoms with Crippen LogP contribution in [0.25, 0.3) is 0 Å². The number of aliphatic hydroxyl groups excluding tert-OH is 1. The molecule has 7 nitrogen and oxygen atoms in total. The van der Waals surface area contributed by atoms with Gasteiger partial charge in [0.2, 0.25) is 10.0 Å². The molecule has 0 aromatic heterocycles. The lowest BCUT2D eigenvalue weighted by molar-refractivity contribution is -0.385. The lowest BCUT2D eigenvalue weighted by Gasteiger charge is -2.12. The number of rotatable bonds is 6. The van der Waals surface area contributed by atoms with Gasteiger partial charge in [-0.25, -0.2) is 13.1 Å². The Bertz CT molecular complexity index is 625. The van der Waals surface area contributed by atoms with Crippen LogP contribution in [0.3, 0.4) is 0 Å². The quantitative estimate of drug-likeness (QED) is 0.600. The van der Waals surface area contributed by atoms with Gasteiger partial charge in [-0.15, -0.1) is 0 Å². The Morgan fingerprint density at radius 3 is 2.70 bits per heavy atom. The summed E-state index contributed by atoms with van der Waals surface area (Å²) in [6.45, 7) is 1.32. The summed E-state index contributed by atoms with van der Waals surface area (Å²) in [7, 11) is -3.86. The summed E-state index contributed by atoms with van der Waals surface area (Å²) in [5, 5.41) is 20.5. The van der Waals surface area contributed by atoms with Crippen LogP contribution in [0.4, 0.5) is 5.69 Å². The van der Waals surface area contributed by atoms with Gasteiger partial charge in [0.05, 0.1) is 15.9 Å². The van der Waals surface area contributed by atoms with E-state index < -0.39 is 21.1 Å². The molecule has 1 atom stereocenters. The number of sulfonamides is 1. The summed E-state index contributed by atoms with van der Waals surface area (Å²) in [4.78, 5) is 10.1. The molecule has 1 saturated carbocycles. The van der Waals surface area contributed by atoms with E-state index in [0.717, 1.165) is 12.8 Å². The Kier molecular flexibility index (Phi) is 4.07. The highest BCUT2D eigenvalue weighted by Gasteiger charge is 2.31. The van der Waals surface area contributed by atoms with Gasteiger partial charge in [-0.1, -0.05) is 6.07 Å². The highest BCUT2D eigenvalue weighted by atomic mass is 32.2. The van der Waals surface area contributed by atoms with Crippen LogP contribution < -0.4 is 4.72 Å². The molecule has 20 heavy (non-hydrogen) atoms. The van der Waals surface area contributed by atoms with Crippen molar-refractivity contribution in [2.45, 2.75) is 30.8 Å². The first-order valence-electron chi connectivity index (χ1n) is 6.24. The maximum absolute atomic E-state index is 12.1. The Labute approximate surface area is 116 Å². The highest BCUT2D eigenvalue weighted by Crippen LogP contribution is 2.32. The molecule has 1 fully saturated rings. The van der Waals surface area contributed by atoms with Gasteiger partial charge in [0.15, 0.2) is 0 Å². The fraction of sp³-hybridized carbons (Fsp3) is 0.500. The Morgan fingerprint density at radius 1 is 1.50 bits per heavy atom. The van der Waals surface area contributed by atoms with Crippen molar-refractivity contribution < 1.29 is 18.4 Å². The largest absolute Gasteiger partial charge is 0.391 e. The van der Waals surface area contributed by atoms with E-state index in [1.54, 1.807) is 0 Å². The summed E-state index contributed by atoms with van der Waals surface area (Å²) in [5.41, 5.74) is -0.151. The minimum atomic E-state index is -3.86. The molecule has 0 radical (unpaired) electrons. The number of benzene rings is 1. The van der Waals surface area contributed by atoms with Crippen LogP contribution >= 0.6 is 0 Å². The number of nitro groups is 1. The van der Waals surface area contributed by atoms with Crippen LogP contribution in [0.15, 0.2) is 23.1 Å². The molecule has 0 amide bonds. The zero-order valence-corrected chi connectivity index (χ0v) is 11.8. The van der Waals surface area contributed by atoms with Crippen molar-refractivity contribution in [2.75, 3.05) is 6.54 Å². The van der Waals surface area contributed by atoms with Crippen molar-refractivity contribution in [1.29, 1.82) is 0 Å². The molecule has 0 heterocycles. The van der Waals surface area contributed by atoms with Crippen molar-refractivity contribution in [1.82, 2.24) is 4.72 Å². The van der Waals surface area contributed by atoms with E-state index in [-0.39, 0.29) is 28.6 Å². The van der Waals surface area contributed by atoms with E-state index in [9.17, 15) is 23.6 Å². The maximum atomic E-state index is 12.1. The molecule has 0 aliphatic heterocycles. The van der Waals surface area contributed by atoms with Gasteiger partial charge in [0.1, 0.15) is 0 Å². The predicted octanol–water partition coefficient (Wildman–Crippen LogP) is 0.952. The zero-order chi connectivity index (χ0) is 14.9. The molecule has 2 N–H and O–H groups in total. The molecular formula is C12H16N2O5S. The molecule has 1 aliphatic carbocycles. The van der Waals surface area contributed by atoms with E-state index in [2.05, 4.69) is 4.72 Å². The van der Waals surface area contributed by atoms with Crippen molar-refractivity contribution in [3.05, 3.63) is 33.9 Å². The molecular weight excluding hydrogens is 284 g/mol.